The minimum absolute atomic E-state index is 0.552. The van der Waals surface area contributed by atoms with E-state index in [1.54, 1.807) is 0 Å². The molecular weight excluding hydrogens is 196 g/mol. The monoisotopic (exact) mass is 212 g/mol. The number of piperidine rings is 1. The minimum Gasteiger partial charge on any atom is -0.411 e. The van der Waals surface area contributed by atoms with Gasteiger partial charge in [0.15, 0.2) is 0 Å². The van der Waals surface area contributed by atoms with E-state index in [0.29, 0.717) is 12.1 Å². The first-order chi connectivity index (χ1) is 6.85. The van der Waals surface area contributed by atoms with Crippen LogP contribution in [0.5, 0.6) is 0 Å². The molecule has 2 bridgehead atoms. The zero-order chi connectivity index (χ0) is 9.97. The lowest BCUT2D eigenvalue weighted by atomic mass is 9.95. The Labute approximate surface area is 88.8 Å². The smallest absolute Gasteiger partial charge is 0.0602 e. The van der Waals surface area contributed by atoms with Crippen molar-refractivity contribution in [2.45, 2.75) is 24.9 Å². The van der Waals surface area contributed by atoms with Crippen LogP contribution in [0.2, 0.25) is 0 Å². The summed E-state index contributed by atoms with van der Waals surface area (Å²) in [5.74, 6) is 2.31. The van der Waals surface area contributed by atoms with Crippen molar-refractivity contribution in [3.8, 4) is 0 Å². The molecule has 0 amide bonds. The van der Waals surface area contributed by atoms with E-state index < -0.39 is 0 Å². The fraction of sp³-hybridized carbons (Fsp3) is 0.700. The van der Waals surface area contributed by atoms with Gasteiger partial charge in [-0.1, -0.05) is 11.2 Å². The molecule has 0 radical (unpaired) electrons. The lowest BCUT2D eigenvalue weighted by Crippen LogP contribution is -2.54. The first-order valence-corrected chi connectivity index (χ1v) is 6.14. The second kappa shape index (κ2) is 4.36. The summed E-state index contributed by atoms with van der Waals surface area (Å²) in [5, 5.41) is 12.2. The number of thioether (sulfide) groups is 1. The summed E-state index contributed by atoms with van der Waals surface area (Å²) in [6.45, 7) is 4.76. The van der Waals surface area contributed by atoms with Crippen LogP contribution in [-0.4, -0.2) is 46.0 Å². The maximum Gasteiger partial charge on any atom is 0.0602 e. The summed E-state index contributed by atoms with van der Waals surface area (Å²) < 4.78 is 0. The molecule has 0 spiro atoms. The van der Waals surface area contributed by atoms with Gasteiger partial charge in [0.1, 0.15) is 0 Å². The third kappa shape index (κ3) is 1.81. The van der Waals surface area contributed by atoms with Crippen molar-refractivity contribution in [3.63, 3.8) is 0 Å². The van der Waals surface area contributed by atoms with Crippen molar-refractivity contribution in [2.24, 2.45) is 5.16 Å². The van der Waals surface area contributed by atoms with Crippen LogP contribution < -0.4 is 0 Å². The van der Waals surface area contributed by atoms with Crippen molar-refractivity contribution in [3.05, 3.63) is 12.7 Å². The van der Waals surface area contributed by atoms with Crippen LogP contribution in [0.1, 0.15) is 12.8 Å². The molecule has 0 aromatic rings. The highest BCUT2D eigenvalue weighted by Gasteiger charge is 2.36. The van der Waals surface area contributed by atoms with E-state index in [1.165, 1.54) is 0 Å². The first kappa shape index (κ1) is 10.1. The summed E-state index contributed by atoms with van der Waals surface area (Å²) in [5.41, 5.74) is 0.973. The van der Waals surface area contributed by atoms with Crippen molar-refractivity contribution in [1.29, 1.82) is 0 Å². The van der Waals surface area contributed by atoms with E-state index in [4.69, 9.17) is 5.21 Å². The molecule has 2 atom stereocenters. The van der Waals surface area contributed by atoms with E-state index in [0.717, 1.165) is 36.6 Å². The number of fused-ring (bicyclic) bond motifs is 2. The Hall–Kier alpha value is -0.480. The molecule has 2 rings (SSSR count). The van der Waals surface area contributed by atoms with Crippen LogP contribution >= 0.6 is 11.8 Å². The molecule has 0 aromatic carbocycles. The largest absolute Gasteiger partial charge is 0.411 e. The van der Waals surface area contributed by atoms with Crippen LogP contribution in [-0.2, 0) is 0 Å². The van der Waals surface area contributed by atoms with Gasteiger partial charge in [-0.05, 0) is 0 Å². The standard InChI is InChI=1S/C10H16N2OS/c1-2-3-12-9-4-8(11-13)5-10(12)7-14-6-9/h2,9-10,13H,1,3-7H2. The molecule has 2 heterocycles. The Balaban J connectivity index is 2.10. The SMILES string of the molecule is C=CCN1C2CSCC1CC(=NO)C2. The van der Waals surface area contributed by atoms with E-state index in [-0.39, 0.29) is 0 Å². The van der Waals surface area contributed by atoms with Crippen LogP contribution in [0.15, 0.2) is 17.8 Å². The van der Waals surface area contributed by atoms with Gasteiger partial charge >= 0.3 is 0 Å². The van der Waals surface area contributed by atoms with Gasteiger partial charge in [0.05, 0.1) is 5.71 Å². The Morgan fingerprint density at radius 3 is 2.64 bits per heavy atom. The molecule has 2 unspecified atom stereocenters. The summed E-state index contributed by atoms with van der Waals surface area (Å²) in [6, 6.07) is 1.10. The topological polar surface area (TPSA) is 35.8 Å². The second-order valence-electron chi connectivity index (χ2n) is 3.91. The van der Waals surface area contributed by atoms with E-state index in [1.807, 2.05) is 17.8 Å². The maximum absolute atomic E-state index is 8.80. The molecule has 3 nitrogen and oxygen atoms in total. The van der Waals surface area contributed by atoms with Crippen molar-refractivity contribution in [1.82, 2.24) is 4.90 Å². The Bertz CT molecular complexity index is 239. The molecule has 2 aliphatic rings. The van der Waals surface area contributed by atoms with E-state index in [2.05, 4.69) is 16.6 Å². The van der Waals surface area contributed by atoms with Crippen LogP contribution in [0.25, 0.3) is 0 Å². The van der Waals surface area contributed by atoms with Gasteiger partial charge < -0.3 is 5.21 Å². The average Bonchev–Trinajstić information content (AvgIpc) is 2.17. The molecule has 14 heavy (non-hydrogen) atoms. The van der Waals surface area contributed by atoms with Gasteiger partial charge in [0.25, 0.3) is 0 Å². The first-order valence-electron chi connectivity index (χ1n) is 4.99. The third-order valence-corrected chi connectivity index (χ3v) is 4.22. The normalized spacial score (nSPS) is 32.7. The predicted molar refractivity (Wildman–Crippen MR) is 60.3 cm³/mol. The fourth-order valence-electron chi connectivity index (χ4n) is 2.34. The van der Waals surface area contributed by atoms with Crippen LogP contribution in [0, 0.1) is 0 Å². The molecule has 78 valence electrons. The molecule has 1 N–H and O–H groups in total. The van der Waals surface area contributed by atoms with Crippen LogP contribution in [0.3, 0.4) is 0 Å². The van der Waals surface area contributed by atoms with Crippen molar-refractivity contribution < 1.29 is 5.21 Å². The highest BCUT2D eigenvalue weighted by atomic mass is 32.2. The number of nitrogens with zero attached hydrogens (tertiary/aromatic N) is 2. The highest BCUT2D eigenvalue weighted by Crippen LogP contribution is 2.31. The van der Waals surface area contributed by atoms with Gasteiger partial charge in [-0.2, -0.15) is 11.8 Å². The van der Waals surface area contributed by atoms with Gasteiger partial charge in [0, 0.05) is 43.0 Å². The number of rotatable bonds is 2. The fourth-order valence-corrected chi connectivity index (χ4v) is 3.64. The molecule has 2 aliphatic heterocycles. The Kier molecular flexibility index (Phi) is 3.13. The maximum atomic E-state index is 8.80. The molecule has 4 heteroatoms. The van der Waals surface area contributed by atoms with Gasteiger partial charge in [-0.3, -0.25) is 4.90 Å². The molecule has 0 aliphatic carbocycles. The molecule has 2 fully saturated rings. The lowest BCUT2D eigenvalue weighted by Gasteiger charge is -2.45. The summed E-state index contributed by atoms with van der Waals surface area (Å²) >= 11 is 2.02. The number of hydrogen-bond acceptors (Lipinski definition) is 4. The highest BCUT2D eigenvalue weighted by molar-refractivity contribution is 7.99. The molecule has 0 saturated carbocycles. The molecular formula is C10H16N2OS. The summed E-state index contributed by atoms with van der Waals surface area (Å²) in [6.07, 6.45) is 3.82. The summed E-state index contributed by atoms with van der Waals surface area (Å²) in [7, 11) is 0. The van der Waals surface area contributed by atoms with Gasteiger partial charge in [0.2, 0.25) is 0 Å². The van der Waals surface area contributed by atoms with Gasteiger partial charge in [-0.25, -0.2) is 0 Å². The number of hydrogen-bond donors (Lipinski definition) is 1. The van der Waals surface area contributed by atoms with Crippen molar-refractivity contribution in [2.75, 3.05) is 18.1 Å². The molecule has 2 saturated heterocycles. The Morgan fingerprint density at radius 1 is 1.50 bits per heavy atom. The third-order valence-electron chi connectivity index (χ3n) is 2.98. The predicted octanol–water partition coefficient (Wildman–Crippen LogP) is 1.58. The van der Waals surface area contributed by atoms with E-state index in [9.17, 15) is 0 Å². The zero-order valence-corrected chi connectivity index (χ0v) is 9.04. The zero-order valence-electron chi connectivity index (χ0n) is 8.22. The lowest BCUT2D eigenvalue weighted by molar-refractivity contribution is 0.159. The number of oxime groups is 1. The van der Waals surface area contributed by atoms with Crippen LogP contribution in [0.4, 0.5) is 0 Å². The molecule has 0 aromatic heterocycles. The Morgan fingerprint density at radius 2 is 2.14 bits per heavy atom. The minimum atomic E-state index is 0.552. The van der Waals surface area contributed by atoms with E-state index >= 15 is 0 Å². The quantitative estimate of drug-likeness (QED) is 0.429. The summed E-state index contributed by atoms with van der Waals surface area (Å²) in [4.78, 5) is 2.50. The van der Waals surface area contributed by atoms with Crippen molar-refractivity contribution >= 4 is 17.5 Å². The average molecular weight is 212 g/mol. The van der Waals surface area contributed by atoms with Gasteiger partial charge in [-0.15, -0.1) is 6.58 Å². The second-order valence-corrected chi connectivity index (χ2v) is 4.98.